The van der Waals surface area contributed by atoms with Crippen molar-refractivity contribution < 1.29 is 13.2 Å². The topological polar surface area (TPSA) is 103 Å². The molecule has 4 aromatic rings. The summed E-state index contributed by atoms with van der Waals surface area (Å²) in [4.78, 5) is 20.0. The molecule has 0 radical (unpaired) electrons. The van der Waals surface area contributed by atoms with Crippen LogP contribution in [0.1, 0.15) is 30.9 Å². The Bertz CT molecular complexity index is 1380. The first-order chi connectivity index (χ1) is 16.6. The van der Waals surface area contributed by atoms with Gasteiger partial charge in [-0.3, -0.25) is 4.57 Å². The number of nitrogens with one attached hydrogen (secondary N) is 1. The minimum Gasteiger partial charge on any atom is -0.339 e. The Morgan fingerprint density at radius 2 is 1.86 bits per heavy atom. The minimum atomic E-state index is -4.40. The Morgan fingerprint density at radius 3 is 2.51 bits per heavy atom. The quantitative estimate of drug-likeness (QED) is 0.291. The van der Waals surface area contributed by atoms with Crippen LogP contribution in [0.3, 0.4) is 0 Å². The number of hydrogen-bond acceptors (Lipinski definition) is 5. The number of rotatable bonds is 8. The second-order valence-corrected chi connectivity index (χ2v) is 9.67. The molecule has 2 aromatic carbocycles. The predicted octanol–water partition coefficient (Wildman–Crippen LogP) is 5.12. The average molecular weight is 502 g/mol. The maximum atomic E-state index is 13.1. The number of halogens is 3. The van der Waals surface area contributed by atoms with E-state index in [0.29, 0.717) is 40.9 Å². The number of nitrogens with zero attached hydrogens (tertiary/aromatic N) is 2. The van der Waals surface area contributed by atoms with Crippen LogP contribution >= 0.6 is 11.8 Å². The summed E-state index contributed by atoms with van der Waals surface area (Å²) in [6, 6.07) is 14.0. The smallest absolute Gasteiger partial charge is 0.339 e. The van der Waals surface area contributed by atoms with Crippen molar-refractivity contribution in [3.63, 3.8) is 0 Å². The molecule has 35 heavy (non-hydrogen) atoms. The lowest BCUT2D eigenvalue weighted by atomic mass is 10.0. The van der Waals surface area contributed by atoms with Gasteiger partial charge in [0.1, 0.15) is 5.65 Å². The Morgan fingerprint density at radius 1 is 1.11 bits per heavy atom. The summed E-state index contributed by atoms with van der Waals surface area (Å²) in [6.45, 7) is 2.30. The second kappa shape index (κ2) is 10.3. The van der Waals surface area contributed by atoms with Crippen LogP contribution in [0.2, 0.25) is 0 Å². The van der Waals surface area contributed by atoms with E-state index in [1.54, 1.807) is 30.5 Å². The van der Waals surface area contributed by atoms with Crippen LogP contribution in [0.25, 0.3) is 28.0 Å². The number of hydrogen-bond donors (Lipinski definition) is 3. The third-order valence-corrected chi connectivity index (χ3v) is 6.30. The van der Waals surface area contributed by atoms with Gasteiger partial charge in [0.2, 0.25) is 0 Å². The molecule has 5 N–H and O–H groups in total. The number of nitrogens with two attached hydrogens (primary N) is 2. The van der Waals surface area contributed by atoms with Crippen molar-refractivity contribution in [2.24, 2.45) is 11.5 Å². The number of alkyl halides is 3. The highest BCUT2D eigenvalue weighted by Crippen LogP contribution is 2.39. The first-order valence-corrected chi connectivity index (χ1v) is 12.0. The third kappa shape index (κ3) is 6.33. The summed E-state index contributed by atoms with van der Waals surface area (Å²) >= 11 is -0.142. The third-order valence-electron chi connectivity index (χ3n) is 5.59. The number of H-pyrrole nitrogens is 1. The molecule has 0 amide bonds. The number of benzene rings is 2. The first kappa shape index (κ1) is 25.0. The molecule has 0 unspecified atom stereocenters. The summed E-state index contributed by atoms with van der Waals surface area (Å²) in [5, 5.41) is 0.662. The van der Waals surface area contributed by atoms with Gasteiger partial charge in [0.25, 0.3) is 0 Å². The molecule has 0 saturated heterocycles. The predicted molar refractivity (Wildman–Crippen MR) is 134 cm³/mol. The normalized spacial score (nSPS) is 12.9. The highest BCUT2D eigenvalue weighted by Gasteiger charge is 2.29. The Hall–Kier alpha value is -3.08. The number of thioether (sulfide) groups is 1. The van der Waals surface area contributed by atoms with Gasteiger partial charge < -0.3 is 16.5 Å². The molecule has 2 heterocycles. The molecule has 184 valence electrons. The fourth-order valence-corrected chi connectivity index (χ4v) is 4.57. The first-order valence-electron chi connectivity index (χ1n) is 11.2. The molecule has 0 aliphatic heterocycles. The van der Waals surface area contributed by atoms with E-state index in [1.807, 2.05) is 25.1 Å². The Balaban J connectivity index is 1.72. The van der Waals surface area contributed by atoms with Gasteiger partial charge in [0, 0.05) is 34.8 Å². The van der Waals surface area contributed by atoms with Crippen LogP contribution in [0.15, 0.2) is 64.4 Å². The fraction of sp³-hybridized carbons (Fsp3) is 0.280. The van der Waals surface area contributed by atoms with Gasteiger partial charge in [-0.25, -0.2) is 4.79 Å². The maximum absolute atomic E-state index is 13.1. The summed E-state index contributed by atoms with van der Waals surface area (Å²) in [5.74, 6) is 0. The van der Waals surface area contributed by atoms with E-state index in [0.717, 1.165) is 24.0 Å². The molecular weight excluding hydrogens is 475 g/mol. The lowest BCUT2D eigenvalue weighted by Gasteiger charge is -2.11. The van der Waals surface area contributed by atoms with Gasteiger partial charge >= 0.3 is 11.2 Å². The minimum absolute atomic E-state index is 0.0291. The van der Waals surface area contributed by atoms with Crippen LogP contribution < -0.4 is 17.2 Å². The average Bonchev–Trinajstić information content (AvgIpc) is 3.20. The largest absolute Gasteiger partial charge is 0.446 e. The summed E-state index contributed by atoms with van der Waals surface area (Å²) in [7, 11) is 0. The summed E-state index contributed by atoms with van der Waals surface area (Å²) in [5.41, 5.74) is 10.5. The molecule has 0 saturated carbocycles. The molecule has 0 fully saturated rings. The lowest BCUT2D eigenvalue weighted by Crippen LogP contribution is -2.20. The zero-order chi connectivity index (χ0) is 25.2. The standard InChI is InChI=1S/C25H26F3N5OS/c1-15(30)3-2-4-17-9-18(11-21(10-17)35-25(26,27)28)22-12-19-14-33(24(34)32-23(19)31-22)20-7-5-16(13-29)6-8-20/h5-12,14-15H,2-4,13,29-30H2,1H3,(H,31,32,34)/t15-/m0/s1. The van der Waals surface area contributed by atoms with E-state index in [4.69, 9.17) is 11.5 Å². The van der Waals surface area contributed by atoms with Gasteiger partial charge in [0.15, 0.2) is 0 Å². The van der Waals surface area contributed by atoms with Gasteiger partial charge in [-0.15, -0.1) is 0 Å². The van der Waals surface area contributed by atoms with Crippen molar-refractivity contribution in [2.75, 3.05) is 0 Å². The summed E-state index contributed by atoms with van der Waals surface area (Å²) in [6.07, 6.45) is 3.83. The van der Waals surface area contributed by atoms with E-state index in [-0.39, 0.29) is 22.7 Å². The molecule has 4 rings (SSSR count). The number of aromatic amines is 1. The molecule has 10 heteroatoms. The number of aromatic nitrogens is 3. The molecule has 1 atom stereocenters. The molecule has 6 nitrogen and oxygen atoms in total. The summed E-state index contributed by atoms with van der Waals surface area (Å²) < 4.78 is 40.8. The van der Waals surface area contributed by atoms with Gasteiger partial charge in [0.05, 0.1) is 5.69 Å². The van der Waals surface area contributed by atoms with Crippen LogP contribution in [-0.4, -0.2) is 26.1 Å². The van der Waals surface area contributed by atoms with Crippen molar-refractivity contribution in [1.29, 1.82) is 0 Å². The van der Waals surface area contributed by atoms with E-state index in [9.17, 15) is 18.0 Å². The van der Waals surface area contributed by atoms with E-state index in [1.165, 1.54) is 10.6 Å². The second-order valence-electron chi connectivity index (χ2n) is 8.53. The maximum Gasteiger partial charge on any atom is 0.446 e. The van der Waals surface area contributed by atoms with Crippen LogP contribution in [0.4, 0.5) is 13.2 Å². The zero-order valence-corrected chi connectivity index (χ0v) is 19.9. The van der Waals surface area contributed by atoms with E-state index < -0.39 is 11.2 Å². The lowest BCUT2D eigenvalue weighted by molar-refractivity contribution is -0.0328. The molecule has 0 spiro atoms. The van der Waals surface area contributed by atoms with Crippen LogP contribution in [-0.2, 0) is 13.0 Å². The zero-order valence-electron chi connectivity index (χ0n) is 19.1. The van der Waals surface area contributed by atoms with Gasteiger partial charge in [-0.1, -0.05) is 12.1 Å². The SMILES string of the molecule is C[C@H](N)CCCc1cc(SC(F)(F)F)cc(-c2cc3cn(-c4ccc(CN)cc4)c(=O)nc3[nH]2)c1. The van der Waals surface area contributed by atoms with Crippen molar-refractivity contribution in [1.82, 2.24) is 14.5 Å². The fourth-order valence-electron chi connectivity index (χ4n) is 3.91. The molecule has 0 aliphatic carbocycles. The van der Waals surface area contributed by atoms with Gasteiger partial charge in [-0.2, -0.15) is 18.2 Å². The van der Waals surface area contributed by atoms with Crippen LogP contribution in [0, 0.1) is 0 Å². The number of aryl methyl sites for hydroxylation is 1. The Labute approximate surface area is 204 Å². The molecule has 0 aliphatic rings. The number of fused-ring (bicyclic) bond motifs is 1. The van der Waals surface area contributed by atoms with Crippen molar-refractivity contribution in [2.45, 2.75) is 49.2 Å². The Kier molecular flexibility index (Phi) is 7.34. The molecular formula is C25H26F3N5OS. The highest BCUT2D eigenvalue weighted by molar-refractivity contribution is 8.00. The van der Waals surface area contributed by atoms with Gasteiger partial charge in [-0.05, 0) is 91.0 Å². The van der Waals surface area contributed by atoms with Crippen molar-refractivity contribution >= 4 is 22.8 Å². The monoisotopic (exact) mass is 501 g/mol. The molecule has 0 bridgehead atoms. The van der Waals surface area contributed by atoms with Crippen molar-refractivity contribution in [3.05, 3.63) is 76.3 Å². The molecule has 2 aromatic heterocycles. The highest BCUT2D eigenvalue weighted by atomic mass is 32.2. The van der Waals surface area contributed by atoms with Crippen molar-refractivity contribution in [3.8, 4) is 16.9 Å². The van der Waals surface area contributed by atoms with E-state index in [2.05, 4.69) is 9.97 Å². The van der Waals surface area contributed by atoms with Crippen LogP contribution in [0.5, 0.6) is 0 Å². The van der Waals surface area contributed by atoms with E-state index >= 15 is 0 Å².